The number of hydrogen-bond acceptors (Lipinski definition) is 2. The molecule has 0 unspecified atom stereocenters. The van der Waals surface area contributed by atoms with Gasteiger partial charge in [0.2, 0.25) is 0 Å². The molecule has 1 heterocycles. The van der Waals surface area contributed by atoms with E-state index < -0.39 is 12.1 Å². The lowest BCUT2D eigenvalue weighted by molar-refractivity contribution is -0.187. The predicted molar refractivity (Wildman–Crippen MR) is 47.1 cm³/mol. The van der Waals surface area contributed by atoms with Crippen LogP contribution in [0.3, 0.4) is 0 Å². The van der Waals surface area contributed by atoms with Crippen LogP contribution >= 0.6 is 0 Å². The molecule has 1 aliphatic rings. The molecule has 84 valence electrons. The zero-order valence-electron chi connectivity index (χ0n) is 8.47. The maximum atomic E-state index is 12.5. The summed E-state index contributed by atoms with van der Waals surface area (Å²) in [5, 5.41) is 0. The van der Waals surface area contributed by atoms with E-state index in [0.717, 1.165) is 0 Å². The van der Waals surface area contributed by atoms with E-state index in [1.807, 2.05) is 18.7 Å². The fraction of sp³-hybridized carbons (Fsp3) is 1.00. The van der Waals surface area contributed by atoms with E-state index in [4.69, 9.17) is 4.74 Å². The molecule has 0 aromatic rings. The minimum absolute atomic E-state index is 0.0567. The number of hydrogen-bond donors (Lipinski definition) is 0. The summed E-state index contributed by atoms with van der Waals surface area (Å²) in [5.41, 5.74) is 0. The third-order valence-electron chi connectivity index (χ3n) is 2.49. The highest BCUT2D eigenvalue weighted by Crippen LogP contribution is 2.28. The largest absolute Gasteiger partial charge is 0.395 e. The molecule has 1 rings (SSSR count). The first-order valence-corrected chi connectivity index (χ1v) is 4.79. The van der Waals surface area contributed by atoms with Gasteiger partial charge in [0.1, 0.15) is 0 Å². The summed E-state index contributed by atoms with van der Waals surface area (Å²) in [6.45, 7) is 4.64. The molecule has 14 heavy (non-hydrogen) atoms. The lowest BCUT2D eigenvalue weighted by atomic mass is 10.1. The maximum Gasteiger partial charge on any atom is 0.395 e. The molecule has 0 aromatic carbocycles. The highest BCUT2D eigenvalue weighted by atomic mass is 19.4. The molecule has 1 fully saturated rings. The molecule has 0 aliphatic carbocycles. The van der Waals surface area contributed by atoms with Gasteiger partial charge in [-0.05, 0) is 13.8 Å². The second-order valence-corrected chi connectivity index (χ2v) is 3.90. The van der Waals surface area contributed by atoms with Gasteiger partial charge in [-0.2, -0.15) is 13.2 Å². The highest BCUT2D eigenvalue weighted by molar-refractivity contribution is 4.76. The molecule has 0 spiro atoms. The summed E-state index contributed by atoms with van der Waals surface area (Å²) in [6, 6.07) is 0.140. The molecule has 0 aromatic heterocycles. The van der Waals surface area contributed by atoms with Crippen LogP contribution in [0.1, 0.15) is 13.8 Å². The SMILES string of the molecule is CC(C)N1CCOC[C@H](C(F)(F)F)C1. The Kier molecular flexibility index (Phi) is 3.78. The first-order valence-electron chi connectivity index (χ1n) is 4.79. The van der Waals surface area contributed by atoms with E-state index in [0.29, 0.717) is 13.2 Å². The van der Waals surface area contributed by atoms with Gasteiger partial charge in [0.05, 0.1) is 19.1 Å². The zero-order valence-corrected chi connectivity index (χ0v) is 8.47. The lowest BCUT2D eigenvalue weighted by Crippen LogP contribution is -2.40. The fourth-order valence-corrected chi connectivity index (χ4v) is 1.50. The Hall–Kier alpha value is -0.290. The first-order chi connectivity index (χ1) is 6.41. The third-order valence-corrected chi connectivity index (χ3v) is 2.49. The van der Waals surface area contributed by atoms with E-state index in [-0.39, 0.29) is 19.2 Å². The van der Waals surface area contributed by atoms with E-state index in [2.05, 4.69) is 0 Å². The smallest absolute Gasteiger partial charge is 0.379 e. The monoisotopic (exact) mass is 211 g/mol. The van der Waals surface area contributed by atoms with Gasteiger partial charge in [-0.15, -0.1) is 0 Å². The van der Waals surface area contributed by atoms with E-state index >= 15 is 0 Å². The van der Waals surface area contributed by atoms with E-state index in [9.17, 15) is 13.2 Å². The van der Waals surface area contributed by atoms with Crippen LogP contribution in [-0.2, 0) is 4.74 Å². The summed E-state index contributed by atoms with van der Waals surface area (Å²) in [5.74, 6) is -1.34. The number of alkyl halides is 3. The quantitative estimate of drug-likeness (QED) is 0.657. The van der Waals surface area contributed by atoms with Crippen LogP contribution in [0, 0.1) is 5.92 Å². The minimum atomic E-state index is -4.14. The Labute approximate surface area is 82.0 Å². The fourth-order valence-electron chi connectivity index (χ4n) is 1.50. The molecule has 1 saturated heterocycles. The zero-order chi connectivity index (χ0) is 10.8. The molecule has 0 N–H and O–H groups in total. The van der Waals surface area contributed by atoms with Crippen LogP contribution in [-0.4, -0.2) is 43.4 Å². The Morgan fingerprint density at radius 3 is 2.50 bits per heavy atom. The van der Waals surface area contributed by atoms with Gasteiger partial charge >= 0.3 is 6.18 Å². The molecule has 2 nitrogen and oxygen atoms in total. The summed E-state index contributed by atoms with van der Waals surface area (Å²) < 4.78 is 42.3. The normalized spacial score (nSPS) is 26.6. The second-order valence-electron chi connectivity index (χ2n) is 3.90. The van der Waals surface area contributed by atoms with Gasteiger partial charge in [0.25, 0.3) is 0 Å². The molecule has 5 heteroatoms. The van der Waals surface area contributed by atoms with Crippen molar-refractivity contribution in [3.8, 4) is 0 Å². The summed E-state index contributed by atoms with van der Waals surface area (Å²) >= 11 is 0. The molecule has 0 amide bonds. The first kappa shape index (κ1) is 11.8. The van der Waals surface area contributed by atoms with Crippen LogP contribution in [0.25, 0.3) is 0 Å². The van der Waals surface area contributed by atoms with Crippen molar-refractivity contribution >= 4 is 0 Å². The molecule has 1 aliphatic heterocycles. The van der Waals surface area contributed by atoms with E-state index in [1.165, 1.54) is 0 Å². The third kappa shape index (κ3) is 3.13. The van der Waals surface area contributed by atoms with Crippen molar-refractivity contribution in [3.63, 3.8) is 0 Å². The van der Waals surface area contributed by atoms with Crippen molar-refractivity contribution in [1.82, 2.24) is 4.90 Å². The van der Waals surface area contributed by atoms with Crippen molar-refractivity contribution < 1.29 is 17.9 Å². The van der Waals surface area contributed by atoms with Crippen molar-refractivity contribution in [2.75, 3.05) is 26.3 Å². The number of rotatable bonds is 1. The number of nitrogens with zero attached hydrogens (tertiary/aromatic N) is 1. The number of halogens is 3. The second kappa shape index (κ2) is 4.49. The van der Waals surface area contributed by atoms with E-state index in [1.54, 1.807) is 0 Å². The molecule has 0 saturated carbocycles. The molecular formula is C9H16F3NO. The molecule has 0 bridgehead atoms. The van der Waals surface area contributed by atoms with Gasteiger partial charge in [-0.25, -0.2) is 0 Å². The molecule has 0 radical (unpaired) electrons. The van der Waals surface area contributed by atoms with Gasteiger partial charge < -0.3 is 4.74 Å². The Morgan fingerprint density at radius 2 is 2.00 bits per heavy atom. The summed E-state index contributed by atoms with van der Waals surface area (Å²) in [4.78, 5) is 1.81. The predicted octanol–water partition coefficient (Wildman–Crippen LogP) is 1.91. The Morgan fingerprint density at radius 1 is 1.36 bits per heavy atom. The van der Waals surface area contributed by atoms with Gasteiger partial charge in [-0.3, -0.25) is 4.90 Å². The van der Waals surface area contributed by atoms with Gasteiger partial charge in [0, 0.05) is 19.1 Å². The number of ether oxygens (including phenoxy) is 1. The molecular weight excluding hydrogens is 195 g/mol. The van der Waals surface area contributed by atoms with Crippen LogP contribution in [0.15, 0.2) is 0 Å². The van der Waals surface area contributed by atoms with Crippen LogP contribution in [0.5, 0.6) is 0 Å². The molecule has 1 atom stereocenters. The van der Waals surface area contributed by atoms with Crippen LogP contribution < -0.4 is 0 Å². The highest BCUT2D eigenvalue weighted by Gasteiger charge is 2.41. The van der Waals surface area contributed by atoms with Gasteiger partial charge in [0.15, 0.2) is 0 Å². The average molecular weight is 211 g/mol. The maximum absolute atomic E-state index is 12.5. The lowest BCUT2D eigenvalue weighted by Gasteiger charge is -2.27. The van der Waals surface area contributed by atoms with Crippen molar-refractivity contribution in [2.24, 2.45) is 5.92 Å². The van der Waals surface area contributed by atoms with Crippen LogP contribution in [0.2, 0.25) is 0 Å². The topological polar surface area (TPSA) is 12.5 Å². The standard InChI is InChI=1S/C9H16F3NO/c1-7(2)13-3-4-14-6-8(5-13)9(10,11)12/h7-8H,3-6H2,1-2H3/t8-/m1/s1. The summed E-state index contributed by atoms with van der Waals surface area (Å²) in [7, 11) is 0. The Bertz CT molecular complexity index is 181. The van der Waals surface area contributed by atoms with Crippen molar-refractivity contribution in [1.29, 1.82) is 0 Å². The van der Waals surface area contributed by atoms with Gasteiger partial charge in [-0.1, -0.05) is 0 Å². The summed E-state index contributed by atoms with van der Waals surface area (Å²) in [6.07, 6.45) is -4.14. The Balaban J connectivity index is 2.60. The average Bonchev–Trinajstić information content (AvgIpc) is 2.26. The van der Waals surface area contributed by atoms with Crippen molar-refractivity contribution in [3.05, 3.63) is 0 Å². The van der Waals surface area contributed by atoms with Crippen LogP contribution in [0.4, 0.5) is 13.2 Å². The van der Waals surface area contributed by atoms with Crippen molar-refractivity contribution in [2.45, 2.75) is 26.1 Å². The minimum Gasteiger partial charge on any atom is -0.379 e.